The van der Waals surface area contributed by atoms with Crippen LogP contribution in [-0.2, 0) is 4.79 Å². The van der Waals surface area contributed by atoms with Crippen molar-refractivity contribution in [2.45, 2.75) is 39.0 Å². The lowest BCUT2D eigenvalue weighted by atomic mass is 10.2. The SMILES string of the molecule is CCCCN(CCCNC(=O)c1ccc(N2CCCC2=O)cc1)c1ccccc1. The maximum absolute atomic E-state index is 12.4. The molecular formula is C24H31N3O2. The van der Waals surface area contributed by atoms with Gasteiger partial charge in [-0.05, 0) is 55.7 Å². The van der Waals surface area contributed by atoms with E-state index in [0.29, 0.717) is 18.5 Å². The van der Waals surface area contributed by atoms with Crippen LogP contribution in [0.5, 0.6) is 0 Å². The van der Waals surface area contributed by atoms with E-state index in [-0.39, 0.29) is 11.8 Å². The number of nitrogens with zero attached hydrogens (tertiary/aromatic N) is 2. The smallest absolute Gasteiger partial charge is 0.251 e. The molecule has 1 aliphatic rings. The summed E-state index contributed by atoms with van der Waals surface area (Å²) in [5.41, 5.74) is 2.74. The minimum atomic E-state index is -0.0656. The van der Waals surface area contributed by atoms with Crippen LogP contribution >= 0.6 is 0 Å². The van der Waals surface area contributed by atoms with Crippen molar-refractivity contribution in [3.63, 3.8) is 0 Å². The zero-order valence-corrected chi connectivity index (χ0v) is 17.3. The molecule has 0 saturated carbocycles. The van der Waals surface area contributed by atoms with E-state index in [1.54, 1.807) is 17.0 Å². The number of carbonyl (C=O) groups is 2. The number of nitrogens with one attached hydrogen (secondary N) is 1. The van der Waals surface area contributed by atoms with Crippen molar-refractivity contribution in [1.82, 2.24) is 5.32 Å². The zero-order chi connectivity index (χ0) is 20.5. The Hall–Kier alpha value is -2.82. The maximum atomic E-state index is 12.4. The van der Waals surface area contributed by atoms with Gasteiger partial charge in [0.2, 0.25) is 5.91 Å². The van der Waals surface area contributed by atoms with E-state index in [9.17, 15) is 9.59 Å². The van der Waals surface area contributed by atoms with Crippen LogP contribution in [0.2, 0.25) is 0 Å². The van der Waals surface area contributed by atoms with E-state index in [4.69, 9.17) is 0 Å². The van der Waals surface area contributed by atoms with E-state index in [2.05, 4.69) is 41.4 Å². The van der Waals surface area contributed by atoms with Gasteiger partial charge in [0, 0.05) is 49.5 Å². The first-order valence-corrected chi connectivity index (χ1v) is 10.7. The van der Waals surface area contributed by atoms with Crippen molar-refractivity contribution in [3.05, 3.63) is 60.2 Å². The molecule has 0 aliphatic carbocycles. The molecular weight excluding hydrogens is 362 g/mol. The monoisotopic (exact) mass is 393 g/mol. The van der Waals surface area contributed by atoms with Crippen LogP contribution in [-0.4, -0.2) is 38.0 Å². The van der Waals surface area contributed by atoms with Gasteiger partial charge >= 0.3 is 0 Å². The molecule has 0 aromatic heterocycles. The number of hydrogen-bond acceptors (Lipinski definition) is 3. The van der Waals surface area contributed by atoms with Gasteiger partial charge in [0.25, 0.3) is 5.91 Å². The van der Waals surface area contributed by atoms with Gasteiger partial charge in [0.15, 0.2) is 0 Å². The summed E-state index contributed by atoms with van der Waals surface area (Å²) in [5, 5.41) is 3.01. The van der Waals surface area contributed by atoms with Crippen LogP contribution in [0, 0.1) is 0 Å². The maximum Gasteiger partial charge on any atom is 0.251 e. The fourth-order valence-electron chi connectivity index (χ4n) is 3.65. The Balaban J connectivity index is 1.46. The van der Waals surface area contributed by atoms with Gasteiger partial charge in [0.05, 0.1) is 0 Å². The average molecular weight is 394 g/mol. The van der Waals surface area contributed by atoms with Gasteiger partial charge in [-0.3, -0.25) is 9.59 Å². The lowest BCUT2D eigenvalue weighted by Gasteiger charge is -2.24. The molecule has 1 fully saturated rings. The molecule has 2 amide bonds. The summed E-state index contributed by atoms with van der Waals surface area (Å²) in [5.74, 6) is 0.0948. The van der Waals surface area contributed by atoms with Gasteiger partial charge in [-0.25, -0.2) is 0 Å². The summed E-state index contributed by atoms with van der Waals surface area (Å²) >= 11 is 0. The van der Waals surface area contributed by atoms with Crippen LogP contribution in [0.1, 0.15) is 49.4 Å². The summed E-state index contributed by atoms with van der Waals surface area (Å²) < 4.78 is 0. The standard InChI is InChI=1S/C24H31N3O2/c1-2-3-17-26(21-9-5-4-6-10-21)18-8-16-25-24(29)20-12-14-22(15-13-20)27-19-7-11-23(27)28/h4-6,9-10,12-15H,2-3,7-8,11,16-19H2,1H3,(H,25,29). The van der Waals surface area contributed by atoms with Gasteiger partial charge in [-0.1, -0.05) is 31.5 Å². The molecule has 2 aromatic rings. The minimum absolute atomic E-state index is 0.0656. The first-order valence-electron chi connectivity index (χ1n) is 10.7. The van der Waals surface area contributed by atoms with E-state index < -0.39 is 0 Å². The number of anilines is 2. The molecule has 0 atom stereocenters. The van der Waals surface area contributed by atoms with Crippen molar-refractivity contribution in [2.75, 3.05) is 36.0 Å². The third-order valence-electron chi connectivity index (χ3n) is 5.31. The fraction of sp³-hybridized carbons (Fsp3) is 0.417. The molecule has 0 bridgehead atoms. The normalized spacial score (nSPS) is 13.6. The largest absolute Gasteiger partial charge is 0.371 e. The molecule has 2 aromatic carbocycles. The summed E-state index contributed by atoms with van der Waals surface area (Å²) in [4.78, 5) is 28.4. The van der Waals surface area contributed by atoms with E-state index in [1.807, 2.05) is 18.2 Å². The number of amides is 2. The Bertz CT molecular complexity index is 790. The topological polar surface area (TPSA) is 52.7 Å². The van der Waals surface area contributed by atoms with Crippen LogP contribution in [0.4, 0.5) is 11.4 Å². The minimum Gasteiger partial charge on any atom is -0.371 e. The first kappa shape index (κ1) is 20.9. The second-order valence-electron chi connectivity index (χ2n) is 7.48. The molecule has 29 heavy (non-hydrogen) atoms. The quantitative estimate of drug-likeness (QED) is 0.614. The molecule has 1 N–H and O–H groups in total. The van der Waals surface area contributed by atoms with Gasteiger partial charge in [0.1, 0.15) is 0 Å². The van der Waals surface area contributed by atoms with Crippen LogP contribution in [0.3, 0.4) is 0 Å². The second kappa shape index (κ2) is 10.6. The van der Waals surface area contributed by atoms with Crippen molar-refractivity contribution in [2.24, 2.45) is 0 Å². The summed E-state index contributed by atoms with van der Waals surface area (Å²) in [7, 11) is 0. The summed E-state index contributed by atoms with van der Waals surface area (Å²) in [6.45, 7) is 5.56. The Labute approximate surface area is 173 Å². The molecule has 1 heterocycles. The predicted octanol–water partition coefficient (Wildman–Crippen LogP) is 4.24. The fourth-order valence-corrected chi connectivity index (χ4v) is 3.65. The number of carbonyl (C=O) groups excluding carboxylic acids is 2. The molecule has 5 heteroatoms. The lowest BCUT2D eigenvalue weighted by Crippen LogP contribution is -2.30. The van der Waals surface area contributed by atoms with E-state index in [0.717, 1.165) is 44.6 Å². The number of hydrogen-bond donors (Lipinski definition) is 1. The van der Waals surface area contributed by atoms with Crippen LogP contribution in [0.25, 0.3) is 0 Å². The number of para-hydroxylation sites is 1. The van der Waals surface area contributed by atoms with Crippen molar-refractivity contribution < 1.29 is 9.59 Å². The van der Waals surface area contributed by atoms with Gasteiger partial charge < -0.3 is 15.1 Å². The number of unbranched alkanes of at least 4 members (excludes halogenated alkanes) is 1. The molecule has 5 nitrogen and oxygen atoms in total. The highest BCUT2D eigenvalue weighted by atomic mass is 16.2. The molecule has 1 aliphatic heterocycles. The van der Waals surface area contributed by atoms with Crippen LogP contribution < -0.4 is 15.1 Å². The molecule has 0 radical (unpaired) electrons. The Morgan fingerprint density at radius 2 is 1.76 bits per heavy atom. The summed E-state index contributed by atoms with van der Waals surface area (Å²) in [6, 6.07) is 17.8. The Morgan fingerprint density at radius 1 is 1.03 bits per heavy atom. The molecule has 1 saturated heterocycles. The Morgan fingerprint density at radius 3 is 2.41 bits per heavy atom. The Kier molecular flexibility index (Phi) is 7.68. The third kappa shape index (κ3) is 5.83. The highest BCUT2D eigenvalue weighted by Gasteiger charge is 2.21. The van der Waals surface area contributed by atoms with Crippen molar-refractivity contribution in [3.8, 4) is 0 Å². The van der Waals surface area contributed by atoms with Crippen molar-refractivity contribution >= 4 is 23.2 Å². The molecule has 0 spiro atoms. The zero-order valence-electron chi connectivity index (χ0n) is 17.3. The number of rotatable bonds is 10. The van der Waals surface area contributed by atoms with Crippen LogP contribution in [0.15, 0.2) is 54.6 Å². The molecule has 3 rings (SSSR count). The molecule has 0 unspecified atom stereocenters. The van der Waals surface area contributed by atoms with Gasteiger partial charge in [-0.15, -0.1) is 0 Å². The third-order valence-corrected chi connectivity index (χ3v) is 5.31. The molecule has 154 valence electrons. The highest BCUT2D eigenvalue weighted by Crippen LogP contribution is 2.21. The van der Waals surface area contributed by atoms with Gasteiger partial charge in [-0.2, -0.15) is 0 Å². The van der Waals surface area contributed by atoms with E-state index in [1.165, 1.54) is 12.1 Å². The van der Waals surface area contributed by atoms with E-state index >= 15 is 0 Å². The number of benzene rings is 2. The van der Waals surface area contributed by atoms with Crippen molar-refractivity contribution in [1.29, 1.82) is 0 Å². The lowest BCUT2D eigenvalue weighted by molar-refractivity contribution is -0.117. The highest BCUT2D eigenvalue weighted by molar-refractivity contribution is 5.97. The average Bonchev–Trinajstić information content (AvgIpc) is 3.19. The summed E-state index contributed by atoms with van der Waals surface area (Å²) in [6.07, 6.45) is 4.73. The first-order chi connectivity index (χ1) is 14.2. The predicted molar refractivity (Wildman–Crippen MR) is 119 cm³/mol. The second-order valence-corrected chi connectivity index (χ2v) is 7.48.